The number of aliphatic hydroxyl groups is 1. The third kappa shape index (κ3) is 3.46. The summed E-state index contributed by atoms with van der Waals surface area (Å²) in [4.78, 5) is 13.7. The highest BCUT2D eigenvalue weighted by molar-refractivity contribution is 5.81. The van der Waals surface area contributed by atoms with E-state index in [4.69, 9.17) is 5.73 Å². The Hall–Kier alpha value is -0.610. The molecule has 1 aliphatic heterocycles. The van der Waals surface area contributed by atoms with Gasteiger partial charge in [0, 0.05) is 19.0 Å². The zero-order chi connectivity index (χ0) is 12.1. The fourth-order valence-electron chi connectivity index (χ4n) is 2.16. The van der Waals surface area contributed by atoms with Crippen molar-refractivity contribution in [3.63, 3.8) is 0 Å². The molecule has 0 radical (unpaired) electrons. The molecule has 1 fully saturated rings. The lowest BCUT2D eigenvalue weighted by molar-refractivity contribution is -0.131. The second-order valence-electron chi connectivity index (χ2n) is 4.82. The molecule has 4 nitrogen and oxygen atoms in total. The van der Waals surface area contributed by atoms with Crippen molar-refractivity contribution in [2.24, 2.45) is 11.7 Å². The quantitative estimate of drug-likeness (QED) is 0.729. The molecule has 1 saturated heterocycles. The lowest BCUT2D eigenvalue weighted by atomic mass is 10.0. The van der Waals surface area contributed by atoms with Crippen molar-refractivity contribution in [1.82, 2.24) is 4.90 Å². The summed E-state index contributed by atoms with van der Waals surface area (Å²) in [7, 11) is 0. The Morgan fingerprint density at radius 3 is 2.81 bits per heavy atom. The maximum absolute atomic E-state index is 11.9. The van der Waals surface area contributed by atoms with Gasteiger partial charge in [0.25, 0.3) is 0 Å². The molecule has 0 aliphatic carbocycles. The summed E-state index contributed by atoms with van der Waals surface area (Å²) in [6.45, 7) is 5.29. The maximum Gasteiger partial charge on any atom is 0.239 e. The van der Waals surface area contributed by atoms with Gasteiger partial charge in [-0.05, 0) is 19.8 Å². The monoisotopic (exact) mass is 228 g/mol. The van der Waals surface area contributed by atoms with Gasteiger partial charge in [-0.25, -0.2) is 0 Å². The molecule has 0 spiro atoms. The molecule has 0 saturated carbocycles. The summed E-state index contributed by atoms with van der Waals surface area (Å²) < 4.78 is 0. The fraction of sp³-hybridized carbons (Fsp3) is 0.917. The predicted molar refractivity (Wildman–Crippen MR) is 63.9 cm³/mol. The summed E-state index contributed by atoms with van der Waals surface area (Å²) in [5.41, 5.74) is 5.85. The molecule has 0 aromatic carbocycles. The number of carbonyl (C=O) groups excluding carboxylic acids is 1. The molecule has 1 rings (SSSR count). The second kappa shape index (κ2) is 6.21. The number of nitrogens with zero attached hydrogens (tertiary/aromatic N) is 1. The first-order chi connectivity index (χ1) is 7.56. The van der Waals surface area contributed by atoms with Crippen LogP contribution in [0.1, 0.15) is 39.5 Å². The van der Waals surface area contributed by atoms with Crippen molar-refractivity contribution in [3.8, 4) is 0 Å². The van der Waals surface area contributed by atoms with Gasteiger partial charge in [-0.2, -0.15) is 0 Å². The van der Waals surface area contributed by atoms with Crippen LogP contribution in [0.15, 0.2) is 0 Å². The minimum Gasteiger partial charge on any atom is -0.393 e. The van der Waals surface area contributed by atoms with E-state index in [2.05, 4.69) is 6.92 Å². The van der Waals surface area contributed by atoms with Crippen molar-refractivity contribution in [3.05, 3.63) is 0 Å². The van der Waals surface area contributed by atoms with Crippen LogP contribution in [-0.2, 0) is 4.79 Å². The summed E-state index contributed by atoms with van der Waals surface area (Å²) in [5.74, 6) is 0.277. The molecule has 4 heteroatoms. The van der Waals surface area contributed by atoms with Crippen LogP contribution in [-0.4, -0.2) is 41.1 Å². The fourth-order valence-corrected chi connectivity index (χ4v) is 2.16. The van der Waals surface area contributed by atoms with E-state index in [-0.39, 0.29) is 24.0 Å². The first-order valence-corrected chi connectivity index (χ1v) is 6.28. The summed E-state index contributed by atoms with van der Waals surface area (Å²) in [5, 5.41) is 9.46. The molecule has 94 valence electrons. The molecule has 0 bridgehead atoms. The van der Waals surface area contributed by atoms with Crippen LogP contribution in [0.4, 0.5) is 0 Å². The van der Waals surface area contributed by atoms with Crippen LogP contribution in [0.2, 0.25) is 0 Å². The number of nitrogens with two attached hydrogens (primary N) is 1. The van der Waals surface area contributed by atoms with Gasteiger partial charge in [-0.15, -0.1) is 0 Å². The summed E-state index contributed by atoms with van der Waals surface area (Å²) >= 11 is 0. The zero-order valence-corrected chi connectivity index (χ0v) is 10.4. The molecular weight excluding hydrogens is 204 g/mol. The van der Waals surface area contributed by atoms with Crippen molar-refractivity contribution in [1.29, 1.82) is 0 Å². The van der Waals surface area contributed by atoms with Crippen LogP contribution in [0, 0.1) is 5.92 Å². The number of aliphatic hydroxyl groups excluding tert-OH is 1. The number of amides is 1. The Bertz CT molecular complexity index is 231. The van der Waals surface area contributed by atoms with Crippen molar-refractivity contribution < 1.29 is 9.90 Å². The smallest absolute Gasteiger partial charge is 0.239 e. The van der Waals surface area contributed by atoms with Gasteiger partial charge in [-0.3, -0.25) is 4.79 Å². The molecular formula is C12H24N2O2. The van der Waals surface area contributed by atoms with E-state index in [1.807, 2.05) is 0 Å². The summed E-state index contributed by atoms with van der Waals surface area (Å²) in [6.07, 6.45) is 3.40. The first kappa shape index (κ1) is 13.5. The third-order valence-electron chi connectivity index (χ3n) is 3.40. The van der Waals surface area contributed by atoms with Gasteiger partial charge >= 0.3 is 0 Å². The number of rotatable bonds is 5. The van der Waals surface area contributed by atoms with Crippen LogP contribution >= 0.6 is 0 Å². The molecule has 3 atom stereocenters. The van der Waals surface area contributed by atoms with Gasteiger partial charge in [0.1, 0.15) is 0 Å². The van der Waals surface area contributed by atoms with E-state index in [0.29, 0.717) is 6.54 Å². The topological polar surface area (TPSA) is 66.6 Å². The van der Waals surface area contributed by atoms with Crippen LogP contribution in [0.25, 0.3) is 0 Å². The van der Waals surface area contributed by atoms with E-state index in [1.165, 1.54) is 0 Å². The largest absolute Gasteiger partial charge is 0.393 e. The van der Waals surface area contributed by atoms with Gasteiger partial charge in [0.05, 0.1) is 12.1 Å². The van der Waals surface area contributed by atoms with Gasteiger partial charge in [-0.1, -0.05) is 19.8 Å². The number of likely N-dealkylation sites (tertiary alicyclic amines) is 1. The third-order valence-corrected chi connectivity index (χ3v) is 3.40. The Morgan fingerprint density at radius 2 is 2.31 bits per heavy atom. The SMILES string of the molecule is CCCCC(N)C(=O)N1CCC(C(C)O)C1. The number of hydrogen-bond donors (Lipinski definition) is 2. The predicted octanol–water partition coefficient (Wildman–Crippen LogP) is 0.733. The standard InChI is InChI=1S/C12H24N2O2/c1-3-4-5-11(13)12(16)14-7-6-10(8-14)9(2)15/h9-11,15H,3-8,13H2,1-2H3. The minimum absolute atomic E-state index is 0.0524. The molecule has 1 amide bonds. The highest BCUT2D eigenvalue weighted by atomic mass is 16.3. The second-order valence-corrected chi connectivity index (χ2v) is 4.82. The minimum atomic E-state index is -0.354. The zero-order valence-electron chi connectivity index (χ0n) is 10.4. The van der Waals surface area contributed by atoms with Crippen molar-refractivity contribution in [2.75, 3.05) is 13.1 Å². The number of carbonyl (C=O) groups is 1. The van der Waals surface area contributed by atoms with E-state index in [9.17, 15) is 9.90 Å². The van der Waals surface area contributed by atoms with Gasteiger partial charge in [0.2, 0.25) is 5.91 Å². The molecule has 0 aromatic heterocycles. The Labute approximate surface area is 97.8 Å². The Balaban J connectivity index is 2.38. The van der Waals surface area contributed by atoms with Crippen LogP contribution < -0.4 is 5.73 Å². The lowest BCUT2D eigenvalue weighted by Crippen LogP contribution is -2.43. The molecule has 16 heavy (non-hydrogen) atoms. The highest BCUT2D eigenvalue weighted by Crippen LogP contribution is 2.20. The summed E-state index contributed by atoms with van der Waals surface area (Å²) in [6, 6.07) is -0.354. The van der Waals surface area contributed by atoms with Crippen LogP contribution in [0.3, 0.4) is 0 Å². The molecule has 1 aliphatic rings. The van der Waals surface area contributed by atoms with Gasteiger partial charge in [0.15, 0.2) is 0 Å². The normalized spacial score (nSPS) is 24.5. The maximum atomic E-state index is 11.9. The number of unbranched alkanes of at least 4 members (excludes halogenated alkanes) is 1. The Kier molecular flexibility index (Phi) is 5.22. The van der Waals surface area contributed by atoms with E-state index < -0.39 is 0 Å². The average Bonchev–Trinajstić information content (AvgIpc) is 2.74. The Morgan fingerprint density at radius 1 is 1.62 bits per heavy atom. The van der Waals surface area contributed by atoms with Crippen molar-refractivity contribution >= 4 is 5.91 Å². The van der Waals surface area contributed by atoms with E-state index in [0.717, 1.165) is 32.2 Å². The molecule has 1 heterocycles. The van der Waals surface area contributed by atoms with Crippen LogP contribution in [0.5, 0.6) is 0 Å². The molecule has 0 aromatic rings. The first-order valence-electron chi connectivity index (χ1n) is 6.28. The average molecular weight is 228 g/mol. The van der Waals surface area contributed by atoms with E-state index >= 15 is 0 Å². The van der Waals surface area contributed by atoms with E-state index in [1.54, 1.807) is 11.8 Å². The highest BCUT2D eigenvalue weighted by Gasteiger charge is 2.30. The molecule has 3 unspecified atom stereocenters. The van der Waals surface area contributed by atoms with Crippen molar-refractivity contribution in [2.45, 2.75) is 51.7 Å². The molecule has 3 N–H and O–H groups in total. The van der Waals surface area contributed by atoms with Gasteiger partial charge < -0.3 is 15.7 Å². The number of hydrogen-bond acceptors (Lipinski definition) is 3. The lowest BCUT2D eigenvalue weighted by Gasteiger charge is -2.21.